The fourth-order valence-corrected chi connectivity index (χ4v) is 1.53. The van der Waals surface area contributed by atoms with E-state index in [0.717, 1.165) is 11.1 Å². The van der Waals surface area contributed by atoms with Crippen LogP contribution in [0.2, 0.25) is 0 Å². The van der Waals surface area contributed by atoms with Crippen molar-refractivity contribution in [3.05, 3.63) is 53.6 Å². The predicted octanol–water partition coefficient (Wildman–Crippen LogP) is 1.81. The topological polar surface area (TPSA) is 68.0 Å². The van der Waals surface area contributed by atoms with Crippen molar-refractivity contribution in [3.63, 3.8) is 0 Å². The Balaban J connectivity index is 2.10. The molecule has 0 aliphatic rings. The van der Waals surface area contributed by atoms with Gasteiger partial charge in [0.25, 0.3) is 0 Å². The number of aromatic nitrogens is 3. The van der Waals surface area contributed by atoms with Gasteiger partial charge in [0.15, 0.2) is 0 Å². The summed E-state index contributed by atoms with van der Waals surface area (Å²) in [5.74, 6) is -0.901. The van der Waals surface area contributed by atoms with Gasteiger partial charge in [0.2, 0.25) is 0 Å². The smallest absolute Gasteiger partial charge is 0.331 e. The minimum absolute atomic E-state index is 0.319. The van der Waals surface area contributed by atoms with E-state index in [9.17, 15) is 4.79 Å². The van der Waals surface area contributed by atoms with Gasteiger partial charge in [-0.3, -0.25) is 0 Å². The minimum Gasteiger partial charge on any atom is -0.478 e. The molecule has 1 heterocycles. The van der Waals surface area contributed by atoms with E-state index in [2.05, 4.69) is 10.1 Å². The maximum atomic E-state index is 10.7. The molecule has 92 valence electrons. The molecule has 5 heteroatoms. The zero-order chi connectivity index (χ0) is 13.0. The van der Waals surface area contributed by atoms with Crippen LogP contribution in [-0.4, -0.2) is 25.8 Å². The number of hydrogen-bond donors (Lipinski definition) is 1. The van der Waals surface area contributed by atoms with Crippen molar-refractivity contribution in [1.82, 2.24) is 14.8 Å². The Hall–Kier alpha value is -2.43. The summed E-state index contributed by atoms with van der Waals surface area (Å²) in [4.78, 5) is 14.6. The van der Waals surface area contributed by atoms with Crippen molar-refractivity contribution >= 4 is 12.0 Å². The largest absolute Gasteiger partial charge is 0.478 e. The lowest BCUT2D eigenvalue weighted by Gasteiger charge is -2.02. The molecule has 2 aromatic rings. The number of carbonyl (C=O) groups is 1. The van der Waals surface area contributed by atoms with Crippen LogP contribution in [-0.2, 0) is 11.3 Å². The minimum atomic E-state index is -0.901. The highest BCUT2D eigenvalue weighted by Crippen LogP contribution is 2.10. The van der Waals surface area contributed by atoms with Crippen LogP contribution in [0.25, 0.3) is 6.08 Å². The van der Waals surface area contributed by atoms with Crippen LogP contribution in [0, 0.1) is 0 Å². The first kappa shape index (κ1) is 12.0. The molecule has 1 N–H and O–H groups in total. The summed E-state index contributed by atoms with van der Waals surface area (Å²) in [6, 6.07) is 7.67. The summed E-state index contributed by atoms with van der Waals surface area (Å²) in [5.41, 5.74) is 2.28. The van der Waals surface area contributed by atoms with Crippen molar-refractivity contribution in [3.8, 4) is 0 Å². The molecule has 0 radical (unpaired) electrons. The molecule has 0 aliphatic carbocycles. The van der Waals surface area contributed by atoms with Crippen molar-refractivity contribution in [2.45, 2.75) is 13.5 Å². The summed E-state index contributed by atoms with van der Waals surface area (Å²) < 4.78 is 1.73. The number of nitrogens with zero attached hydrogens (tertiary/aromatic N) is 3. The monoisotopic (exact) mass is 243 g/mol. The second kappa shape index (κ2) is 5.27. The predicted molar refractivity (Wildman–Crippen MR) is 66.9 cm³/mol. The molecule has 1 aromatic carbocycles. The average molecular weight is 243 g/mol. The summed E-state index contributed by atoms with van der Waals surface area (Å²) in [5, 5.41) is 12.8. The number of benzene rings is 1. The summed E-state index contributed by atoms with van der Waals surface area (Å²) in [6.07, 6.45) is 4.79. The molecular weight excluding hydrogens is 230 g/mol. The highest BCUT2D eigenvalue weighted by Gasteiger charge is 2.00. The van der Waals surface area contributed by atoms with Gasteiger partial charge in [-0.25, -0.2) is 14.5 Å². The molecule has 18 heavy (non-hydrogen) atoms. The molecule has 5 nitrogen and oxygen atoms in total. The Morgan fingerprint density at radius 3 is 2.67 bits per heavy atom. The van der Waals surface area contributed by atoms with E-state index in [1.807, 2.05) is 24.3 Å². The lowest BCUT2D eigenvalue weighted by atomic mass is 10.1. The number of hydrogen-bond acceptors (Lipinski definition) is 3. The van der Waals surface area contributed by atoms with E-state index in [4.69, 9.17) is 5.11 Å². The molecule has 0 spiro atoms. The Labute approximate surface area is 104 Å². The highest BCUT2D eigenvalue weighted by atomic mass is 16.4. The van der Waals surface area contributed by atoms with E-state index in [1.165, 1.54) is 6.33 Å². The zero-order valence-corrected chi connectivity index (χ0v) is 9.95. The fraction of sp³-hybridized carbons (Fsp3) is 0.154. The van der Waals surface area contributed by atoms with Crippen LogP contribution in [0.1, 0.15) is 18.1 Å². The van der Waals surface area contributed by atoms with Crippen molar-refractivity contribution < 1.29 is 9.90 Å². The first-order valence-corrected chi connectivity index (χ1v) is 5.48. The second-order valence-electron chi connectivity index (χ2n) is 3.97. The van der Waals surface area contributed by atoms with E-state index in [0.29, 0.717) is 12.1 Å². The van der Waals surface area contributed by atoms with Gasteiger partial charge in [-0.15, -0.1) is 0 Å². The lowest BCUT2D eigenvalue weighted by molar-refractivity contribution is -0.132. The Bertz CT molecular complexity index is 556. The first-order chi connectivity index (χ1) is 8.65. The van der Waals surface area contributed by atoms with Gasteiger partial charge in [-0.2, -0.15) is 5.10 Å². The third-order valence-electron chi connectivity index (χ3n) is 2.51. The van der Waals surface area contributed by atoms with Gasteiger partial charge in [0.1, 0.15) is 12.7 Å². The van der Waals surface area contributed by atoms with E-state index in [1.54, 1.807) is 24.0 Å². The number of rotatable bonds is 4. The van der Waals surface area contributed by atoms with Gasteiger partial charge >= 0.3 is 5.97 Å². The van der Waals surface area contributed by atoms with Crippen molar-refractivity contribution in [2.75, 3.05) is 0 Å². The van der Waals surface area contributed by atoms with Crippen molar-refractivity contribution in [2.24, 2.45) is 0 Å². The standard InChI is InChI=1S/C13H13N3O2/c1-10(13(17)18)6-11-2-4-12(5-3-11)7-16-9-14-8-15-16/h2-6,8-9H,7H2,1H3,(H,17,18)/b10-6+. The first-order valence-electron chi connectivity index (χ1n) is 5.48. The quantitative estimate of drug-likeness (QED) is 0.831. The Morgan fingerprint density at radius 2 is 2.11 bits per heavy atom. The van der Waals surface area contributed by atoms with Crippen LogP contribution >= 0.6 is 0 Å². The Kier molecular flexibility index (Phi) is 3.52. The summed E-state index contributed by atoms with van der Waals surface area (Å²) in [7, 11) is 0. The third-order valence-corrected chi connectivity index (χ3v) is 2.51. The lowest BCUT2D eigenvalue weighted by Crippen LogP contribution is -1.99. The SMILES string of the molecule is C/C(=C\c1ccc(Cn2cncn2)cc1)C(=O)O. The number of carboxylic acids is 1. The van der Waals surface area contributed by atoms with Crippen LogP contribution in [0.5, 0.6) is 0 Å². The third kappa shape index (κ3) is 3.04. The molecule has 0 amide bonds. The fourth-order valence-electron chi connectivity index (χ4n) is 1.53. The van der Waals surface area contributed by atoms with Gasteiger partial charge in [-0.1, -0.05) is 24.3 Å². The van der Waals surface area contributed by atoms with Gasteiger partial charge in [-0.05, 0) is 24.1 Å². The second-order valence-corrected chi connectivity index (χ2v) is 3.97. The average Bonchev–Trinajstić information content (AvgIpc) is 2.84. The van der Waals surface area contributed by atoms with Gasteiger partial charge in [0, 0.05) is 5.57 Å². The van der Waals surface area contributed by atoms with E-state index < -0.39 is 5.97 Å². The van der Waals surface area contributed by atoms with Gasteiger partial charge in [0.05, 0.1) is 6.54 Å². The number of carboxylic acid groups (broad SMARTS) is 1. The molecular formula is C13H13N3O2. The molecule has 0 aliphatic heterocycles. The summed E-state index contributed by atoms with van der Waals surface area (Å²) >= 11 is 0. The molecule has 0 bridgehead atoms. The zero-order valence-electron chi connectivity index (χ0n) is 9.95. The molecule has 0 atom stereocenters. The molecule has 1 aromatic heterocycles. The molecule has 2 rings (SSSR count). The van der Waals surface area contributed by atoms with Crippen LogP contribution in [0.3, 0.4) is 0 Å². The maximum Gasteiger partial charge on any atom is 0.331 e. The van der Waals surface area contributed by atoms with Gasteiger partial charge < -0.3 is 5.11 Å². The van der Waals surface area contributed by atoms with E-state index >= 15 is 0 Å². The molecule has 0 saturated carbocycles. The molecule has 0 fully saturated rings. The van der Waals surface area contributed by atoms with E-state index in [-0.39, 0.29) is 0 Å². The molecule has 0 unspecified atom stereocenters. The van der Waals surface area contributed by atoms with Crippen molar-refractivity contribution in [1.29, 1.82) is 0 Å². The van der Waals surface area contributed by atoms with Crippen LogP contribution in [0.15, 0.2) is 42.5 Å². The summed E-state index contributed by atoms with van der Waals surface area (Å²) in [6.45, 7) is 2.23. The maximum absolute atomic E-state index is 10.7. The highest BCUT2D eigenvalue weighted by molar-refractivity contribution is 5.91. The normalized spacial score (nSPS) is 11.5. The van der Waals surface area contributed by atoms with Crippen LogP contribution < -0.4 is 0 Å². The molecule has 0 saturated heterocycles. The van der Waals surface area contributed by atoms with Crippen LogP contribution in [0.4, 0.5) is 0 Å². The number of aliphatic carboxylic acids is 1. The Morgan fingerprint density at radius 1 is 1.39 bits per heavy atom.